The van der Waals surface area contributed by atoms with Crippen LogP contribution in [0.25, 0.3) is 0 Å². The summed E-state index contributed by atoms with van der Waals surface area (Å²) in [6, 6.07) is 6.93. The van der Waals surface area contributed by atoms with E-state index in [9.17, 15) is 0 Å². The van der Waals surface area contributed by atoms with Crippen molar-refractivity contribution < 1.29 is 10.2 Å². The Bertz CT molecular complexity index is 254. The lowest BCUT2D eigenvalue weighted by atomic mass is 10.7. The first-order valence-electron chi connectivity index (χ1n) is 3.24. The van der Waals surface area contributed by atoms with Gasteiger partial charge in [-0.3, -0.25) is 0 Å². The van der Waals surface area contributed by atoms with Crippen molar-refractivity contribution in [2.24, 2.45) is 0 Å². The third kappa shape index (κ3) is 3.41. The average molecular weight is 200 g/mol. The van der Waals surface area contributed by atoms with Gasteiger partial charge in [0.15, 0.2) is 10.1 Å². The number of aromatic hydroxyl groups is 2. The van der Waals surface area contributed by atoms with E-state index in [4.69, 9.17) is 10.2 Å². The molecule has 64 valence electrons. The lowest BCUT2D eigenvalue weighted by Crippen LogP contribution is -1.35. The zero-order chi connectivity index (χ0) is 8.81. The van der Waals surface area contributed by atoms with E-state index in [1.807, 2.05) is 10.8 Å². The van der Waals surface area contributed by atoms with Crippen LogP contribution in [0.1, 0.15) is 0 Å². The molecular weight excluding hydrogens is 192 g/mol. The van der Waals surface area contributed by atoms with Crippen molar-refractivity contribution in [3.8, 4) is 10.1 Å². The zero-order valence-electron chi connectivity index (χ0n) is 6.18. The largest absolute Gasteiger partial charge is 0.499 e. The van der Waals surface area contributed by atoms with Crippen LogP contribution in [-0.2, 0) is 0 Å². The van der Waals surface area contributed by atoms with Crippen LogP contribution in [0, 0.1) is 0 Å². The highest BCUT2D eigenvalue weighted by atomic mass is 32.1. The molecule has 2 heterocycles. The molecule has 0 bridgehead atoms. The Morgan fingerprint density at radius 3 is 1.33 bits per heavy atom. The molecule has 0 aliphatic carbocycles. The SMILES string of the molecule is Oc1cccs1.Oc1cccs1. The molecule has 0 saturated carbocycles. The van der Waals surface area contributed by atoms with Gasteiger partial charge in [-0.15, -0.1) is 22.7 Å². The molecule has 2 N–H and O–H groups in total. The third-order valence-corrected chi connectivity index (χ3v) is 2.35. The van der Waals surface area contributed by atoms with Gasteiger partial charge in [-0.05, 0) is 35.0 Å². The average Bonchev–Trinajstić information content (AvgIpc) is 2.63. The Balaban J connectivity index is 0.000000120. The van der Waals surface area contributed by atoms with Crippen molar-refractivity contribution in [1.29, 1.82) is 0 Å². The maximum Gasteiger partial charge on any atom is 0.171 e. The molecule has 0 radical (unpaired) electrons. The van der Waals surface area contributed by atoms with Crippen molar-refractivity contribution in [1.82, 2.24) is 0 Å². The summed E-state index contributed by atoms with van der Waals surface area (Å²) >= 11 is 2.67. The van der Waals surface area contributed by atoms with Crippen molar-refractivity contribution >= 4 is 22.7 Å². The van der Waals surface area contributed by atoms with Gasteiger partial charge < -0.3 is 10.2 Å². The highest BCUT2D eigenvalue weighted by molar-refractivity contribution is 7.11. The lowest BCUT2D eigenvalue weighted by molar-refractivity contribution is 0.490. The van der Waals surface area contributed by atoms with Crippen LogP contribution in [-0.4, -0.2) is 10.2 Å². The van der Waals surface area contributed by atoms with Crippen molar-refractivity contribution in [3.63, 3.8) is 0 Å². The van der Waals surface area contributed by atoms with Gasteiger partial charge in [0.2, 0.25) is 0 Å². The second kappa shape index (κ2) is 4.79. The monoisotopic (exact) mass is 200 g/mol. The molecule has 0 amide bonds. The smallest absolute Gasteiger partial charge is 0.171 e. The van der Waals surface area contributed by atoms with Crippen molar-refractivity contribution in [3.05, 3.63) is 35.0 Å². The molecule has 0 aliphatic heterocycles. The topological polar surface area (TPSA) is 40.5 Å². The molecule has 2 aromatic heterocycles. The highest BCUT2D eigenvalue weighted by Crippen LogP contribution is 2.14. The van der Waals surface area contributed by atoms with E-state index < -0.39 is 0 Å². The van der Waals surface area contributed by atoms with Crippen LogP contribution in [0.5, 0.6) is 10.1 Å². The minimum Gasteiger partial charge on any atom is -0.499 e. The predicted octanol–water partition coefficient (Wildman–Crippen LogP) is 2.91. The minimum atomic E-state index is 0.384. The van der Waals surface area contributed by atoms with Crippen molar-refractivity contribution in [2.45, 2.75) is 0 Å². The molecule has 0 fully saturated rings. The van der Waals surface area contributed by atoms with Crippen LogP contribution in [0.2, 0.25) is 0 Å². The number of hydrogen-bond donors (Lipinski definition) is 2. The fourth-order valence-electron chi connectivity index (χ4n) is 0.540. The fourth-order valence-corrected chi connectivity index (χ4v) is 1.45. The van der Waals surface area contributed by atoms with E-state index in [2.05, 4.69) is 0 Å². The lowest BCUT2D eigenvalue weighted by Gasteiger charge is -1.67. The highest BCUT2D eigenvalue weighted by Gasteiger charge is 1.78. The summed E-state index contributed by atoms with van der Waals surface area (Å²) in [5.41, 5.74) is 0. The maximum absolute atomic E-state index is 8.49. The van der Waals surface area contributed by atoms with Crippen LogP contribution >= 0.6 is 22.7 Å². The van der Waals surface area contributed by atoms with Gasteiger partial charge in [0.25, 0.3) is 0 Å². The van der Waals surface area contributed by atoms with Gasteiger partial charge in [0.1, 0.15) is 0 Å². The normalized spacial score (nSPS) is 8.67. The Hall–Kier alpha value is -1.00. The molecule has 0 aromatic carbocycles. The van der Waals surface area contributed by atoms with Gasteiger partial charge >= 0.3 is 0 Å². The maximum atomic E-state index is 8.49. The first-order chi connectivity index (χ1) is 5.79. The molecule has 2 rings (SSSR count). The summed E-state index contributed by atoms with van der Waals surface area (Å²) < 4.78 is 0. The van der Waals surface area contributed by atoms with E-state index >= 15 is 0 Å². The molecule has 0 saturated heterocycles. The molecule has 0 spiro atoms. The number of rotatable bonds is 0. The van der Waals surface area contributed by atoms with Crippen LogP contribution in [0.4, 0.5) is 0 Å². The standard InChI is InChI=1S/2C4H4OS/c2*5-4-2-1-3-6-4/h2*1-3,5H. The van der Waals surface area contributed by atoms with E-state index in [1.165, 1.54) is 22.7 Å². The van der Waals surface area contributed by atoms with Gasteiger partial charge in [-0.1, -0.05) is 0 Å². The molecule has 12 heavy (non-hydrogen) atoms. The Labute approximate surface area is 78.4 Å². The van der Waals surface area contributed by atoms with Gasteiger partial charge in [-0.25, -0.2) is 0 Å². The fraction of sp³-hybridized carbons (Fsp3) is 0. The second-order valence-electron chi connectivity index (χ2n) is 1.90. The van der Waals surface area contributed by atoms with Crippen LogP contribution in [0.15, 0.2) is 35.0 Å². The molecular formula is C8H8O2S2. The van der Waals surface area contributed by atoms with E-state index in [0.717, 1.165) is 0 Å². The summed E-state index contributed by atoms with van der Waals surface area (Å²) in [7, 11) is 0. The molecule has 0 atom stereocenters. The number of thiophene rings is 2. The summed E-state index contributed by atoms with van der Waals surface area (Å²) in [5.74, 6) is 0. The molecule has 0 unspecified atom stereocenters. The first-order valence-corrected chi connectivity index (χ1v) is 5.00. The van der Waals surface area contributed by atoms with E-state index in [-0.39, 0.29) is 0 Å². The molecule has 2 aromatic rings. The van der Waals surface area contributed by atoms with Crippen LogP contribution < -0.4 is 0 Å². The Kier molecular flexibility index (Phi) is 3.63. The first kappa shape index (κ1) is 9.09. The van der Waals surface area contributed by atoms with Crippen molar-refractivity contribution in [2.75, 3.05) is 0 Å². The second-order valence-corrected chi connectivity index (χ2v) is 3.75. The molecule has 2 nitrogen and oxygen atoms in total. The minimum absolute atomic E-state index is 0.384. The van der Waals surface area contributed by atoms with Gasteiger partial charge in [0, 0.05) is 0 Å². The Morgan fingerprint density at radius 1 is 0.833 bits per heavy atom. The summed E-state index contributed by atoms with van der Waals surface area (Å²) in [6.45, 7) is 0. The Morgan fingerprint density at radius 2 is 1.25 bits per heavy atom. The van der Waals surface area contributed by atoms with E-state index in [0.29, 0.717) is 10.1 Å². The number of hydrogen-bond acceptors (Lipinski definition) is 4. The molecule has 0 aliphatic rings. The predicted molar refractivity (Wildman–Crippen MR) is 52.0 cm³/mol. The summed E-state index contributed by atoms with van der Waals surface area (Å²) in [4.78, 5) is 0. The van der Waals surface area contributed by atoms with Gasteiger partial charge in [-0.2, -0.15) is 0 Å². The summed E-state index contributed by atoms with van der Waals surface area (Å²) in [6.07, 6.45) is 0. The van der Waals surface area contributed by atoms with Gasteiger partial charge in [0.05, 0.1) is 0 Å². The zero-order valence-corrected chi connectivity index (χ0v) is 7.81. The summed E-state index contributed by atoms with van der Waals surface area (Å²) in [5, 5.41) is 21.4. The van der Waals surface area contributed by atoms with E-state index in [1.54, 1.807) is 24.3 Å². The third-order valence-electron chi connectivity index (χ3n) is 1.01. The van der Waals surface area contributed by atoms with Crippen LogP contribution in [0.3, 0.4) is 0 Å². The molecule has 4 heteroatoms. The quantitative estimate of drug-likeness (QED) is 0.686.